The fraction of sp³-hybridized carbons (Fsp3) is 0.538. The van der Waals surface area contributed by atoms with E-state index in [1.165, 1.54) is 18.5 Å². The Morgan fingerprint density at radius 3 is 2.75 bits per heavy atom. The van der Waals surface area contributed by atoms with Crippen LogP contribution in [0.3, 0.4) is 0 Å². The summed E-state index contributed by atoms with van der Waals surface area (Å²) >= 11 is 6.19. The normalized spacial score (nSPS) is 19.1. The van der Waals surface area contributed by atoms with Gasteiger partial charge >= 0.3 is 0 Å². The molecule has 0 aromatic heterocycles. The van der Waals surface area contributed by atoms with Crippen LogP contribution in [0.5, 0.6) is 0 Å². The van der Waals surface area contributed by atoms with E-state index in [4.69, 9.17) is 17.3 Å². The van der Waals surface area contributed by atoms with Gasteiger partial charge in [-0.05, 0) is 38.8 Å². The van der Waals surface area contributed by atoms with E-state index in [-0.39, 0.29) is 5.54 Å². The molecular weight excluding hydrogens is 220 g/mol. The van der Waals surface area contributed by atoms with Crippen LogP contribution in [0.1, 0.15) is 32.3 Å². The second-order valence-electron chi connectivity index (χ2n) is 5.01. The molecule has 1 saturated heterocycles. The van der Waals surface area contributed by atoms with Crippen LogP contribution in [0.25, 0.3) is 0 Å². The van der Waals surface area contributed by atoms with Crippen LogP contribution in [-0.4, -0.2) is 12.1 Å². The third-order valence-corrected chi connectivity index (χ3v) is 3.84. The average Bonchev–Trinajstić information content (AvgIpc) is 2.57. The van der Waals surface area contributed by atoms with Gasteiger partial charge in [0, 0.05) is 34.9 Å². The van der Waals surface area contributed by atoms with Gasteiger partial charge in [-0.25, -0.2) is 0 Å². The number of nitrogens with zero attached hydrogens (tertiary/aromatic N) is 1. The number of rotatable bonds is 2. The summed E-state index contributed by atoms with van der Waals surface area (Å²) < 4.78 is 0. The molecule has 0 saturated carbocycles. The molecule has 1 aliphatic rings. The molecule has 1 fully saturated rings. The number of hydrogen-bond donors (Lipinski definition) is 1. The van der Waals surface area contributed by atoms with Crippen LogP contribution in [0.4, 0.5) is 5.69 Å². The SMILES string of the molecule is CC1(C)CCCN1c1cccc(Cl)c1CN. The monoisotopic (exact) mass is 238 g/mol. The number of anilines is 1. The molecule has 3 heteroatoms. The molecular formula is C13H19ClN2. The highest BCUT2D eigenvalue weighted by atomic mass is 35.5. The molecule has 2 N–H and O–H groups in total. The number of nitrogens with two attached hydrogens (primary N) is 1. The molecule has 0 bridgehead atoms. The maximum Gasteiger partial charge on any atom is 0.0471 e. The highest BCUT2D eigenvalue weighted by molar-refractivity contribution is 6.31. The minimum absolute atomic E-state index is 0.217. The Kier molecular flexibility index (Phi) is 3.13. The number of hydrogen-bond acceptors (Lipinski definition) is 2. The van der Waals surface area contributed by atoms with Gasteiger partial charge in [-0.2, -0.15) is 0 Å². The smallest absolute Gasteiger partial charge is 0.0471 e. The van der Waals surface area contributed by atoms with Gasteiger partial charge in [0.15, 0.2) is 0 Å². The van der Waals surface area contributed by atoms with Crippen LogP contribution < -0.4 is 10.6 Å². The Balaban J connectivity index is 2.44. The molecule has 1 aliphatic heterocycles. The first-order chi connectivity index (χ1) is 7.56. The fourth-order valence-electron chi connectivity index (χ4n) is 2.56. The summed E-state index contributed by atoms with van der Waals surface area (Å²) in [5.41, 5.74) is 8.29. The van der Waals surface area contributed by atoms with Gasteiger partial charge in [0.1, 0.15) is 0 Å². The second kappa shape index (κ2) is 4.27. The van der Waals surface area contributed by atoms with Crippen LogP contribution in [0.15, 0.2) is 18.2 Å². The molecule has 1 heterocycles. The Morgan fingerprint density at radius 2 is 2.19 bits per heavy atom. The van der Waals surface area contributed by atoms with Crippen molar-refractivity contribution in [3.05, 3.63) is 28.8 Å². The standard InChI is InChI=1S/C13H19ClN2/c1-13(2)7-4-8-16(13)12-6-3-5-11(14)10(12)9-15/h3,5-6H,4,7-9,15H2,1-2H3. The molecule has 0 spiro atoms. The summed E-state index contributed by atoms with van der Waals surface area (Å²) in [5.74, 6) is 0. The minimum Gasteiger partial charge on any atom is -0.366 e. The molecule has 0 radical (unpaired) electrons. The van der Waals surface area contributed by atoms with Crippen molar-refractivity contribution in [1.82, 2.24) is 0 Å². The van der Waals surface area contributed by atoms with Gasteiger partial charge in [-0.3, -0.25) is 0 Å². The van der Waals surface area contributed by atoms with Crippen molar-refractivity contribution in [1.29, 1.82) is 0 Å². The summed E-state index contributed by atoms with van der Waals surface area (Å²) in [5, 5.41) is 0.780. The lowest BCUT2D eigenvalue weighted by atomic mass is 10.0. The Hall–Kier alpha value is -0.730. The van der Waals surface area contributed by atoms with E-state index in [9.17, 15) is 0 Å². The van der Waals surface area contributed by atoms with Crippen LogP contribution in [0, 0.1) is 0 Å². The fourth-order valence-corrected chi connectivity index (χ4v) is 2.80. The molecule has 2 rings (SSSR count). The van der Waals surface area contributed by atoms with E-state index in [0.29, 0.717) is 6.54 Å². The lowest BCUT2D eigenvalue weighted by Gasteiger charge is -2.35. The Labute approximate surface area is 102 Å². The topological polar surface area (TPSA) is 29.3 Å². The van der Waals surface area contributed by atoms with Gasteiger partial charge < -0.3 is 10.6 Å². The van der Waals surface area contributed by atoms with Crippen molar-refractivity contribution in [2.75, 3.05) is 11.4 Å². The first-order valence-electron chi connectivity index (χ1n) is 5.81. The number of benzene rings is 1. The summed E-state index contributed by atoms with van der Waals surface area (Å²) in [6.07, 6.45) is 2.47. The van der Waals surface area contributed by atoms with Gasteiger partial charge in [-0.15, -0.1) is 0 Å². The van der Waals surface area contributed by atoms with Gasteiger partial charge in [0.25, 0.3) is 0 Å². The largest absolute Gasteiger partial charge is 0.366 e. The Morgan fingerprint density at radius 1 is 1.44 bits per heavy atom. The van der Waals surface area contributed by atoms with E-state index in [2.05, 4.69) is 24.8 Å². The zero-order chi connectivity index (χ0) is 11.8. The second-order valence-corrected chi connectivity index (χ2v) is 5.42. The quantitative estimate of drug-likeness (QED) is 0.858. The van der Waals surface area contributed by atoms with Crippen LogP contribution >= 0.6 is 11.6 Å². The van der Waals surface area contributed by atoms with Crippen molar-refractivity contribution in [3.63, 3.8) is 0 Å². The maximum absolute atomic E-state index is 6.19. The highest BCUT2D eigenvalue weighted by Gasteiger charge is 2.33. The molecule has 1 aromatic rings. The van der Waals surface area contributed by atoms with Crippen molar-refractivity contribution >= 4 is 17.3 Å². The summed E-state index contributed by atoms with van der Waals surface area (Å²) in [7, 11) is 0. The predicted octanol–water partition coefficient (Wildman–Crippen LogP) is 3.18. The van der Waals surface area contributed by atoms with Gasteiger partial charge in [0.05, 0.1) is 0 Å². The zero-order valence-corrected chi connectivity index (χ0v) is 10.7. The van der Waals surface area contributed by atoms with E-state index < -0.39 is 0 Å². The lowest BCUT2D eigenvalue weighted by Crippen LogP contribution is -2.38. The van der Waals surface area contributed by atoms with Crippen molar-refractivity contribution in [2.24, 2.45) is 5.73 Å². The van der Waals surface area contributed by atoms with Gasteiger partial charge in [-0.1, -0.05) is 17.7 Å². The number of halogens is 1. The van der Waals surface area contributed by atoms with Crippen LogP contribution in [0.2, 0.25) is 5.02 Å². The van der Waals surface area contributed by atoms with E-state index in [0.717, 1.165) is 17.1 Å². The molecule has 2 nitrogen and oxygen atoms in total. The van der Waals surface area contributed by atoms with Crippen molar-refractivity contribution in [3.8, 4) is 0 Å². The first kappa shape index (κ1) is 11.7. The molecule has 0 aliphatic carbocycles. The van der Waals surface area contributed by atoms with E-state index in [1.54, 1.807) is 0 Å². The van der Waals surface area contributed by atoms with Gasteiger partial charge in [0.2, 0.25) is 0 Å². The molecule has 0 amide bonds. The third kappa shape index (κ3) is 1.92. The molecule has 0 unspecified atom stereocenters. The molecule has 16 heavy (non-hydrogen) atoms. The highest BCUT2D eigenvalue weighted by Crippen LogP contribution is 2.37. The predicted molar refractivity (Wildman–Crippen MR) is 70.0 cm³/mol. The molecule has 0 atom stereocenters. The van der Waals surface area contributed by atoms with Crippen molar-refractivity contribution < 1.29 is 0 Å². The Bertz CT molecular complexity index is 388. The minimum atomic E-state index is 0.217. The zero-order valence-electron chi connectivity index (χ0n) is 9.96. The molecule has 1 aromatic carbocycles. The summed E-state index contributed by atoms with van der Waals surface area (Å²) in [6, 6.07) is 6.04. The van der Waals surface area contributed by atoms with Crippen molar-refractivity contribution in [2.45, 2.75) is 38.8 Å². The van der Waals surface area contributed by atoms with Crippen LogP contribution in [-0.2, 0) is 6.54 Å². The summed E-state index contributed by atoms with van der Waals surface area (Å²) in [4.78, 5) is 2.43. The average molecular weight is 239 g/mol. The van der Waals surface area contributed by atoms with E-state index >= 15 is 0 Å². The third-order valence-electron chi connectivity index (χ3n) is 3.49. The summed E-state index contributed by atoms with van der Waals surface area (Å²) in [6.45, 7) is 6.16. The maximum atomic E-state index is 6.19. The lowest BCUT2D eigenvalue weighted by molar-refractivity contribution is 0.517. The molecule has 88 valence electrons. The first-order valence-corrected chi connectivity index (χ1v) is 6.19. The van der Waals surface area contributed by atoms with E-state index in [1.807, 2.05) is 12.1 Å².